The number of nitrogens with zero attached hydrogens (tertiary/aromatic N) is 2. The van der Waals surface area contributed by atoms with Gasteiger partial charge in [-0.1, -0.05) is 23.9 Å². The van der Waals surface area contributed by atoms with Gasteiger partial charge in [-0.05, 0) is 64.3 Å². The lowest BCUT2D eigenvalue weighted by Gasteiger charge is -2.12. The van der Waals surface area contributed by atoms with Crippen molar-refractivity contribution in [1.82, 2.24) is 9.97 Å². The van der Waals surface area contributed by atoms with Crippen molar-refractivity contribution in [3.63, 3.8) is 0 Å². The topological polar surface area (TPSA) is 42.9 Å². The summed E-state index contributed by atoms with van der Waals surface area (Å²) in [6.45, 7) is 12.0. The maximum absolute atomic E-state index is 12.6. The molecule has 2 aromatic rings. The number of hydrogen-bond acceptors (Lipinski definition) is 4. The minimum absolute atomic E-state index is 0.118. The van der Waals surface area contributed by atoms with Crippen LogP contribution in [0.2, 0.25) is 0 Å². The van der Waals surface area contributed by atoms with Crippen LogP contribution in [0.25, 0.3) is 0 Å². The molecule has 22 heavy (non-hydrogen) atoms. The second-order valence-electron chi connectivity index (χ2n) is 5.73. The highest BCUT2D eigenvalue weighted by atomic mass is 32.2. The molecule has 0 bridgehead atoms. The molecule has 0 aliphatic rings. The number of benzene rings is 1. The molecule has 3 nitrogen and oxygen atoms in total. The quantitative estimate of drug-likeness (QED) is 0.477. The molecule has 1 atom stereocenters. The predicted molar refractivity (Wildman–Crippen MR) is 91.8 cm³/mol. The summed E-state index contributed by atoms with van der Waals surface area (Å²) >= 11 is 1.42. The zero-order valence-electron chi connectivity index (χ0n) is 14.0. The largest absolute Gasteiger partial charge is 0.293 e. The van der Waals surface area contributed by atoms with Gasteiger partial charge in [-0.2, -0.15) is 0 Å². The Balaban J connectivity index is 2.19. The summed E-state index contributed by atoms with van der Waals surface area (Å²) in [5.41, 5.74) is 6.15. The molecule has 0 saturated carbocycles. The highest BCUT2D eigenvalue weighted by molar-refractivity contribution is 8.00. The van der Waals surface area contributed by atoms with Gasteiger partial charge in [-0.25, -0.2) is 9.97 Å². The summed E-state index contributed by atoms with van der Waals surface area (Å²) < 4.78 is 0. The molecule has 1 aromatic carbocycles. The van der Waals surface area contributed by atoms with Crippen molar-refractivity contribution in [3.8, 4) is 0 Å². The first-order valence-corrected chi connectivity index (χ1v) is 8.27. The molecule has 0 radical (unpaired) electrons. The average molecular weight is 314 g/mol. The molecular formula is C18H22N2OS. The van der Waals surface area contributed by atoms with E-state index in [2.05, 4.69) is 9.97 Å². The minimum Gasteiger partial charge on any atom is -0.293 e. The third kappa shape index (κ3) is 3.55. The molecule has 0 saturated heterocycles. The lowest BCUT2D eigenvalue weighted by molar-refractivity contribution is 0.0993. The smallest absolute Gasteiger partial charge is 0.188 e. The van der Waals surface area contributed by atoms with E-state index in [1.165, 1.54) is 17.3 Å². The van der Waals surface area contributed by atoms with Crippen molar-refractivity contribution in [2.24, 2.45) is 0 Å². The number of ketones is 1. The molecule has 116 valence electrons. The van der Waals surface area contributed by atoms with Gasteiger partial charge >= 0.3 is 0 Å². The normalized spacial score (nSPS) is 12.3. The van der Waals surface area contributed by atoms with Gasteiger partial charge in [0, 0.05) is 17.0 Å². The predicted octanol–water partition coefficient (Wildman–Crippen LogP) is 4.38. The first kappa shape index (κ1) is 16.7. The van der Waals surface area contributed by atoms with E-state index in [0.717, 1.165) is 28.1 Å². The first-order valence-electron chi connectivity index (χ1n) is 7.39. The summed E-state index contributed by atoms with van der Waals surface area (Å²) in [6, 6.07) is 5.85. The number of hydrogen-bond donors (Lipinski definition) is 0. The van der Waals surface area contributed by atoms with Crippen molar-refractivity contribution in [3.05, 3.63) is 51.8 Å². The number of Topliss-reactive ketones (excluding diaryl/α,β-unsaturated/α-hetero) is 1. The van der Waals surface area contributed by atoms with E-state index in [1.807, 2.05) is 59.7 Å². The zero-order chi connectivity index (χ0) is 16.4. The Labute approximate surface area is 136 Å². The number of thioether (sulfide) groups is 1. The van der Waals surface area contributed by atoms with E-state index >= 15 is 0 Å². The summed E-state index contributed by atoms with van der Waals surface area (Å²) in [4.78, 5) is 21.5. The van der Waals surface area contributed by atoms with Gasteiger partial charge in [0.05, 0.1) is 5.25 Å². The molecule has 4 heteroatoms. The minimum atomic E-state index is -0.205. The van der Waals surface area contributed by atoms with Gasteiger partial charge < -0.3 is 0 Å². The Morgan fingerprint density at radius 1 is 1.00 bits per heavy atom. The first-order chi connectivity index (χ1) is 10.3. The fraction of sp³-hybridized carbons (Fsp3) is 0.389. The van der Waals surface area contributed by atoms with Crippen molar-refractivity contribution in [1.29, 1.82) is 0 Å². The van der Waals surface area contributed by atoms with Gasteiger partial charge in [0.25, 0.3) is 0 Å². The Hall–Kier alpha value is -1.68. The van der Waals surface area contributed by atoms with Gasteiger partial charge in [-0.15, -0.1) is 0 Å². The van der Waals surface area contributed by atoms with Crippen LogP contribution in [0.3, 0.4) is 0 Å². The van der Waals surface area contributed by atoms with E-state index in [0.29, 0.717) is 5.16 Å². The third-order valence-electron chi connectivity index (χ3n) is 4.05. The van der Waals surface area contributed by atoms with Crippen LogP contribution in [-0.2, 0) is 0 Å². The maximum Gasteiger partial charge on any atom is 0.188 e. The monoisotopic (exact) mass is 314 g/mol. The van der Waals surface area contributed by atoms with Crippen LogP contribution in [0.4, 0.5) is 0 Å². The van der Waals surface area contributed by atoms with Crippen molar-refractivity contribution in [2.75, 3.05) is 0 Å². The molecule has 0 N–H and O–H groups in total. The SMILES string of the molecule is Cc1ccc(C(=O)C(C)Sc2nc(C)c(C)c(C)n2)cc1C. The van der Waals surface area contributed by atoms with Crippen molar-refractivity contribution >= 4 is 17.5 Å². The second-order valence-corrected chi connectivity index (χ2v) is 7.03. The van der Waals surface area contributed by atoms with Crippen LogP contribution < -0.4 is 0 Å². The fourth-order valence-corrected chi connectivity index (χ4v) is 3.07. The van der Waals surface area contributed by atoms with E-state index in [4.69, 9.17) is 0 Å². The highest BCUT2D eigenvalue weighted by Crippen LogP contribution is 2.25. The molecule has 0 aliphatic heterocycles. The number of aromatic nitrogens is 2. The lowest BCUT2D eigenvalue weighted by atomic mass is 10.0. The summed E-state index contributed by atoms with van der Waals surface area (Å²) in [6.07, 6.45) is 0. The van der Waals surface area contributed by atoms with Crippen LogP contribution in [0.5, 0.6) is 0 Å². The fourth-order valence-electron chi connectivity index (χ4n) is 2.14. The van der Waals surface area contributed by atoms with Crippen LogP contribution >= 0.6 is 11.8 Å². The lowest BCUT2D eigenvalue weighted by Crippen LogP contribution is -2.15. The number of carbonyl (C=O) groups excluding carboxylic acids is 1. The molecule has 1 aromatic heterocycles. The Bertz CT molecular complexity index is 702. The van der Waals surface area contributed by atoms with Gasteiger partial charge in [0.1, 0.15) is 0 Å². The van der Waals surface area contributed by atoms with Gasteiger partial charge in [0.15, 0.2) is 10.9 Å². The van der Waals surface area contributed by atoms with Crippen LogP contribution in [0.1, 0.15) is 45.4 Å². The van der Waals surface area contributed by atoms with E-state index in [-0.39, 0.29) is 11.0 Å². The summed E-state index contributed by atoms with van der Waals surface area (Å²) in [5, 5.41) is 0.467. The number of aryl methyl sites for hydroxylation is 4. The Kier molecular flexibility index (Phi) is 5.01. The number of carbonyl (C=O) groups is 1. The van der Waals surface area contributed by atoms with E-state index < -0.39 is 0 Å². The van der Waals surface area contributed by atoms with Crippen LogP contribution in [-0.4, -0.2) is 21.0 Å². The molecule has 0 amide bonds. The second kappa shape index (κ2) is 6.61. The molecule has 1 unspecified atom stereocenters. The third-order valence-corrected chi connectivity index (χ3v) is 5.02. The van der Waals surface area contributed by atoms with Crippen LogP contribution in [0, 0.1) is 34.6 Å². The van der Waals surface area contributed by atoms with Crippen LogP contribution in [0.15, 0.2) is 23.4 Å². The zero-order valence-corrected chi connectivity index (χ0v) is 14.8. The Morgan fingerprint density at radius 3 is 2.14 bits per heavy atom. The van der Waals surface area contributed by atoms with E-state index in [9.17, 15) is 4.79 Å². The summed E-state index contributed by atoms with van der Waals surface area (Å²) in [7, 11) is 0. The summed E-state index contributed by atoms with van der Waals surface area (Å²) in [5.74, 6) is 0.118. The van der Waals surface area contributed by atoms with Crippen molar-refractivity contribution in [2.45, 2.75) is 51.9 Å². The van der Waals surface area contributed by atoms with Gasteiger partial charge in [0.2, 0.25) is 0 Å². The molecule has 0 aliphatic carbocycles. The molecular weight excluding hydrogens is 292 g/mol. The molecule has 2 rings (SSSR count). The highest BCUT2D eigenvalue weighted by Gasteiger charge is 2.19. The molecule has 0 fully saturated rings. The van der Waals surface area contributed by atoms with Crippen molar-refractivity contribution < 1.29 is 4.79 Å². The average Bonchev–Trinajstić information content (AvgIpc) is 2.46. The maximum atomic E-state index is 12.6. The van der Waals surface area contributed by atoms with E-state index in [1.54, 1.807) is 0 Å². The van der Waals surface area contributed by atoms with Gasteiger partial charge in [-0.3, -0.25) is 4.79 Å². The Morgan fingerprint density at radius 2 is 1.59 bits per heavy atom. The molecule has 1 heterocycles. The standard InChI is InChI=1S/C18H22N2OS/c1-10-7-8-16(9-11(10)2)17(21)15(6)22-18-19-13(4)12(3)14(5)20-18/h7-9,15H,1-6H3. The molecule has 0 spiro atoms. The number of rotatable bonds is 4.